The van der Waals surface area contributed by atoms with Gasteiger partial charge in [-0.05, 0) is 138 Å². The topological polar surface area (TPSA) is 117 Å². The summed E-state index contributed by atoms with van der Waals surface area (Å²) in [6, 6.07) is 13.5. The van der Waals surface area contributed by atoms with E-state index in [0.29, 0.717) is 32.6 Å². The van der Waals surface area contributed by atoms with E-state index in [1.807, 2.05) is 17.0 Å². The molecule has 1 saturated carbocycles. The lowest BCUT2D eigenvalue weighted by atomic mass is 9.57. The second-order valence-electron chi connectivity index (χ2n) is 18.3. The van der Waals surface area contributed by atoms with Crippen molar-refractivity contribution in [2.24, 2.45) is 11.8 Å². The fourth-order valence-corrected chi connectivity index (χ4v) is 12.9. The summed E-state index contributed by atoms with van der Waals surface area (Å²) in [5, 5.41) is 12.0. The first-order valence-electron chi connectivity index (χ1n) is 22.1. The van der Waals surface area contributed by atoms with Crippen molar-refractivity contribution in [3.63, 3.8) is 0 Å². The summed E-state index contributed by atoms with van der Waals surface area (Å²) < 4.78 is 58.6. The number of carbonyl (C=O) groups excluding carboxylic acids is 1. The molecule has 0 radical (unpaired) electrons. The van der Waals surface area contributed by atoms with Crippen LogP contribution in [0.25, 0.3) is 0 Å². The Kier molecular flexibility index (Phi) is 12.7. The summed E-state index contributed by atoms with van der Waals surface area (Å²) in [6.45, 7) is 8.40. The van der Waals surface area contributed by atoms with Crippen LogP contribution in [0.5, 0.6) is 0 Å². The molecule has 322 valence electrons. The van der Waals surface area contributed by atoms with Crippen LogP contribution in [-0.2, 0) is 20.0 Å². The molecule has 2 aromatic rings. The van der Waals surface area contributed by atoms with E-state index in [1.165, 1.54) is 25.3 Å². The van der Waals surface area contributed by atoms with Gasteiger partial charge in [0.05, 0.1) is 11.4 Å². The molecule has 2 N–H and O–H groups in total. The van der Waals surface area contributed by atoms with Crippen molar-refractivity contribution >= 4 is 27.5 Å². The van der Waals surface area contributed by atoms with Gasteiger partial charge in [0.2, 0.25) is 5.91 Å². The van der Waals surface area contributed by atoms with Crippen LogP contribution in [0.3, 0.4) is 0 Å². The molecule has 5 heterocycles. The summed E-state index contributed by atoms with van der Waals surface area (Å²) in [6.07, 6.45) is 11.8. The Morgan fingerprint density at radius 2 is 1.59 bits per heavy atom. The maximum Gasteiger partial charge on any atom is 0.404 e. The molecule has 2 amide bonds. The highest BCUT2D eigenvalue weighted by Gasteiger charge is 2.53. The van der Waals surface area contributed by atoms with Gasteiger partial charge in [0.25, 0.3) is 0 Å². The van der Waals surface area contributed by atoms with E-state index in [0.717, 1.165) is 89.0 Å². The number of nitrogens with zero attached hydrogens (tertiary/aromatic N) is 5. The van der Waals surface area contributed by atoms with Gasteiger partial charge in [0, 0.05) is 68.9 Å². The van der Waals surface area contributed by atoms with Crippen molar-refractivity contribution in [1.29, 1.82) is 0 Å². The number of amides is 2. The minimum atomic E-state index is -3.62. The lowest BCUT2D eigenvalue weighted by Gasteiger charge is -2.53. The molecule has 0 spiro atoms. The Hall–Kier alpha value is -3.59. The monoisotopic (exact) mass is 836 g/mol. The van der Waals surface area contributed by atoms with Crippen LogP contribution in [0.2, 0.25) is 0 Å². The summed E-state index contributed by atoms with van der Waals surface area (Å²) in [5.41, 5.74) is -0.121. The minimum Gasteiger partial charge on any atom is -0.465 e. The number of sulfone groups is 1. The highest BCUT2D eigenvalue weighted by atomic mass is 32.2. The number of hydrogen-bond donors (Lipinski definition) is 2. The Bertz CT molecular complexity index is 1930. The number of carboxylic acid groups (broad SMARTS) is 1. The molecule has 0 aromatic heterocycles. The Labute approximate surface area is 348 Å². The van der Waals surface area contributed by atoms with E-state index in [9.17, 15) is 27.5 Å². The zero-order valence-electron chi connectivity index (χ0n) is 34.3. The molecule has 5 aliphatic heterocycles. The Balaban J connectivity index is 0.869. The predicted molar refractivity (Wildman–Crippen MR) is 225 cm³/mol. The molecule has 1 aliphatic carbocycles. The zero-order chi connectivity index (χ0) is 41.2. The average Bonchev–Trinajstić information content (AvgIpc) is 3.81. The van der Waals surface area contributed by atoms with Crippen molar-refractivity contribution in [1.82, 2.24) is 24.9 Å². The quantitative estimate of drug-likeness (QED) is 0.236. The molecule has 14 heteroatoms. The number of halogens is 2. The van der Waals surface area contributed by atoms with Crippen molar-refractivity contribution in [3.8, 4) is 0 Å². The van der Waals surface area contributed by atoms with Gasteiger partial charge in [-0.25, -0.2) is 22.0 Å². The van der Waals surface area contributed by atoms with Gasteiger partial charge in [-0.15, -0.1) is 0 Å². The molecule has 4 atom stereocenters. The lowest BCUT2D eigenvalue weighted by molar-refractivity contribution is -0.129. The number of likely N-dealkylation sites (tertiary alicyclic amines) is 4. The van der Waals surface area contributed by atoms with Gasteiger partial charge in [-0.1, -0.05) is 31.1 Å². The summed E-state index contributed by atoms with van der Waals surface area (Å²) in [5.74, 6) is -0.213. The molecular formula is C45H62F2N6O5S. The maximum absolute atomic E-state index is 16.7. The average molecular weight is 837 g/mol. The third-order valence-corrected chi connectivity index (χ3v) is 16.7. The molecule has 5 saturated heterocycles. The number of nitrogens with one attached hydrogen (secondary N) is 1. The van der Waals surface area contributed by atoms with Gasteiger partial charge in [0.1, 0.15) is 16.7 Å². The number of alkyl halides is 1. The largest absolute Gasteiger partial charge is 0.465 e. The number of rotatable bonds is 14. The van der Waals surface area contributed by atoms with E-state index >= 15 is 4.39 Å². The van der Waals surface area contributed by atoms with Crippen LogP contribution in [-0.4, -0.2) is 147 Å². The third kappa shape index (κ3) is 9.21. The standard InChI is InChI=1S/C45H62F2N6O5S/c46-36-9-4-8-35(28-36)45(33-50-23-7-24-50,40-10-5-11-41(40)48-43(55)56)34-17-25-51(26-18-34)31-44(47)19-27-52(32-44)37-13-15-38(16-14-37)59(57,58)39-29-53(30-39)42(54)12-6-22-49-20-2-1-3-21-49/h4,6,8-9,12-16,28,34,39-41,48H,1-3,5,7,10-11,17-27,29-33H2,(H,55,56)/b12-6+/t40-,41-,44+,45-/m0/s1. The normalized spacial score (nSPS) is 27.8. The second kappa shape index (κ2) is 17.8. The summed E-state index contributed by atoms with van der Waals surface area (Å²) >= 11 is 0. The van der Waals surface area contributed by atoms with Gasteiger partial charge in [0.15, 0.2) is 9.84 Å². The summed E-state index contributed by atoms with van der Waals surface area (Å²) in [7, 11) is -3.62. The Morgan fingerprint density at radius 3 is 2.27 bits per heavy atom. The first kappa shape index (κ1) is 42.1. The molecular weight excluding hydrogens is 775 g/mol. The Morgan fingerprint density at radius 1 is 0.864 bits per heavy atom. The highest BCUT2D eigenvalue weighted by molar-refractivity contribution is 7.92. The van der Waals surface area contributed by atoms with E-state index in [-0.39, 0.29) is 54.1 Å². The zero-order valence-corrected chi connectivity index (χ0v) is 35.1. The lowest BCUT2D eigenvalue weighted by Crippen LogP contribution is -2.59. The number of anilines is 1. The van der Waals surface area contributed by atoms with Crippen molar-refractivity contribution in [2.75, 3.05) is 90.0 Å². The van der Waals surface area contributed by atoms with Crippen LogP contribution in [0.4, 0.5) is 19.3 Å². The minimum absolute atomic E-state index is 0.0314. The van der Waals surface area contributed by atoms with Gasteiger partial charge in [-0.3, -0.25) is 9.69 Å². The number of piperidine rings is 2. The van der Waals surface area contributed by atoms with Crippen LogP contribution in [0.15, 0.2) is 65.6 Å². The van der Waals surface area contributed by atoms with Crippen LogP contribution < -0.4 is 10.2 Å². The van der Waals surface area contributed by atoms with E-state index in [4.69, 9.17) is 0 Å². The number of carbonyl (C=O) groups is 2. The van der Waals surface area contributed by atoms with Gasteiger partial charge < -0.3 is 30.0 Å². The van der Waals surface area contributed by atoms with Crippen molar-refractivity contribution in [2.45, 2.75) is 91.5 Å². The molecule has 2 aromatic carbocycles. The molecule has 59 heavy (non-hydrogen) atoms. The summed E-state index contributed by atoms with van der Waals surface area (Å²) in [4.78, 5) is 35.4. The first-order chi connectivity index (χ1) is 28.4. The second-order valence-corrected chi connectivity index (χ2v) is 20.5. The molecule has 8 rings (SSSR count). The van der Waals surface area contributed by atoms with Gasteiger partial charge >= 0.3 is 6.09 Å². The fraction of sp³-hybridized carbons (Fsp3) is 0.644. The van der Waals surface area contributed by atoms with E-state index in [2.05, 4.69) is 20.0 Å². The van der Waals surface area contributed by atoms with E-state index in [1.54, 1.807) is 47.4 Å². The molecule has 0 unspecified atom stereocenters. The van der Waals surface area contributed by atoms with E-state index < -0.39 is 32.3 Å². The molecule has 0 bridgehead atoms. The smallest absolute Gasteiger partial charge is 0.404 e. The van der Waals surface area contributed by atoms with Crippen molar-refractivity contribution < 1.29 is 31.9 Å². The van der Waals surface area contributed by atoms with Crippen LogP contribution in [0, 0.1) is 17.7 Å². The molecule has 6 aliphatic rings. The van der Waals surface area contributed by atoms with Crippen LogP contribution in [0.1, 0.15) is 69.8 Å². The molecule has 11 nitrogen and oxygen atoms in total. The van der Waals surface area contributed by atoms with Crippen LogP contribution >= 0.6 is 0 Å². The fourth-order valence-electron chi connectivity index (χ4n) is 11.3. The van der Waals surface area contributed by atoms with Gasteiger partial charge in [-0.2, -0.15) is 0 Å². The number of benzene rings is 2. The molecule has 6 fully saturated rings. The van der Waals surface area contributed by atoms with Crippen molar-refractivity contribution in [3.05, 3.63) is 72.1 Å². The number of hydrogen-bond acceptors (Lipinski definition) is 8. The highest BCUT2D eigenvalue weighted by Crippen LogP contribution is 2.51. The first-order valence-corrected chi connectivity index (χ1v) is 23.6. The SMILES string of the molecule is O=C(O)N[C@H]1CCC[C@@H]1[C@](CN1CCC1)(c1cccc(F)c1)C1CCN(C[C@]2(F)CCN(c3ccc(S(=O)(=O)C4CN(C(=O)/C=C/CN5CCCCC5)C4)cc3)C2)CC1. The maximum atomic E-state index is 16.7. The third-order valence-electron chi connectivity index (χ3n) is 14.6. The predicted octanol–water partition coefficient (Wildman–Crippen LogP) is 5.56.